The van der Waals surface area contributed by atoms with Crippen LogP contribution in [0.4, 0.5) is 10.6 Å². The second-order valence-corrected chi connectivity index (χ2v) is 7.40. The Morgan fingerprint density at radius 3 is 2.86 bits per heavy atom. The van der Waals surface area contributed by atoms with Crippen molar-refractivity contribution in [1.82, 2.24) is 35.3 Å². The summed E-state index contributed by atoms with van der Waals surface area (Å²) in [5.74, 6) is 2.08. The maximum atomic E-state index is 12.6. The fraction of sp³-hybridized carbons (Fsp3) is 0.421. The molecule has 2 aliphatic rings. The Labute approximate surface area is 162 Å². The molecule has 9 nitrogen and oxygen atoms in total. The monoisotopic (exact) mass is 378 g/mol. The molecule has 0 radical (unpaired) electrons. The highest BCUT2D eigenvalue weighted by Gasteiger charge is 2.25. The molecule has 144 valence electrons. The van der Waals surface area contributed by atoms with Crippen LogP contribution >= 0.6 is 0 Å². The molecule has 1 aromatic carbocycles. The van der Waals surface area contributed by atoms with Gasteiger partial charge in [0.25, 0.3) is 0 Å². The lowest BCUT2D eigenvalue weighted by Crippen LogP contribution is -2.31. The number of rotatable bonds is 6. The second-order valence-electron chi connectivity index (χ2n) is 7.40. The van der Waals surface area contributed by atoms with Gasteiger partial charge in [-0.05, 0) is 60.6 Å². The van der Waals surface area contributed by atoms with E-state index in [0.29, 0.717) is 11.7 Å². The highest BCUT2D eigenvalue weighted by atomic mass is 16.2. The molecule has 2 aliphatic carbocycles. The molecule has 5 rings (SSSR count). The number of anilines is 1. The molecule has 0 aliphatic heterocycles. The molecule has 2 heterocycles. The lowest BCUT2D eigenvalue weighted by Gasteiger charge is -2.12. The summed E-state index contributed by atoms with van der Waals surface area (Å²) < 4.78 is 3.60. The molecule has 0 atom stereocenters. The van der Waals surface area contributed by atoms with Crippen LogP contribution in [0.2, 0.25) is 0 Å². The Bertz CT molecular complexity index is 989. The minimum atomic E-state index is -0.284. The van der Waals surface area contributed by atoms with Gasteiger partial charge in [-0.25, -0.2) is 14.2 Å². The van der Waals surface area contributed by atoms with Gasteiger partial charge in [0.1, 0.15) is 5.82 Å². The van der Waals surface area contributed by atoms with Gasteiger partial charge in [0.15, 0.2) is 5.82 Å². The van der Waals surface area contributed by atoms with E-state index in [1.807, 2.05) is 35.0 Å². The highest BCUT2D eigenvalue weighted by molar-refractivity contribution is 5.89. The number of fused-ring (bicyclic) bond motifs is 1. The maximum Gasteiger partial charge on any atom is 0.320 e. The molecule has 28 heavy (non-hydrogen) atoms. The van der Waals surface area contributed by atoms with Crippen molar-refractivity contribution < 1.29 is 4.79 Å². The van der Waals surface area contributed by atoms with Crippen LogP contribution in [0.25, 0.3) is 5.69 Å². The summed E-state index contributed by atoms with van der Waals surface area (Å²) in [6.07, 6.45) is 5.39. The van der Waals surface area contributed by atoms with Gasteiger partial charge in [0.2, 0.25) is 0 Å². The van der Waals surface area contributed by atoms with E-state index in [4.69, 9.17) is 5.10 Å². The number of para-hydroxylation sites is 1. The number of aryl methyl sites for hydroxylation is 1. The number of benzene rings is 1. The first kappa shape index (κ1) is 16.9. The molecule has 2 N–H and O–H groups in total. The van der Waals surface area contributed by atoms with Crippen molar-refractivity contribution in [3.05, 3.63) is 47.4 Å². The molecular weight excluding hydrogens is 356 g/mol. The van der Waals surface area contributed by atoms with Gasteiger partial charge >= 0.3 is 6.03 Å². The molecule has 9 heteroatoms. The largest absolute Gasteiger partial charge is 0.330 e. The lowest BCUT2D eigenvalue weighted by atomic mass is 10.2. The van der Waals surface area contributed by atoms with Crippen molar-refractivity contribution >= 4 is 11.8 Å². The van der Waals surface area contributed by atoms with E-state index in [2.05, 4.69) is 26.2 Å². The SMILES string of the molecule is O=C(NCc1nnnn1CC1CC1)Nc1c2c(nn1-c1ccccc1)CCC2. The molecule has 0 bridgehead atoms. The van der Waals surface area contributed by atoms with Crippen LogP contribution in [-0.2, 0) is 25.9 Å². The summed E-state index contributed by atoms with van der Waals surface area (Å²) in [7, 11) is 0. The minimum Gasteiger partial charge on any atom is -0.330 e. The van der Waals surface area contributed by atoms with E-state index in [-0.39, 0.29) is 12.6 Å². The summed E-state index contributed by atoms with van der Waals surface area (Å²) in [6, 6.07) is 9.57. The van der Waals surface area contributed by atoms with Gasteiger partial charge < -0.3 is 5.32 Å². The predicted molar refractivity (Wildman–Crippen MR) is 102 cm³/mol. The Balaban J connectivity index is 1.31. The van der Waals surface area contributed by atoms with Crippen LogP contribution in [0, 0.1) is 5.92 Å². The van der Waals surface area contributed by atoms with Crippen LogP contribution in [0.1, 0.15) is 36.3 Å². The van der Waals surface area contributed by atoms with Gasteiger partial charge in [0.05, 0.1) is 17.9 Å². The third kappa shape index (κ3) is 3.35. The predicted octanol–water partition coefficient (Wildman–Crippen LogP) is 2.08. The summed E-state index contributed by atoms with van der Waals surface area (Å²) in [5, 5.41) is 22.4. The average molecular weight is 378 g/mol. The van der Waals surface area contributed by atoms with E-state index >= 15 is 0 Å². The number of tetrazole rings is 1. The van der Waals surface area contributed by atoms with E-state index in [0.717, 1.165) is 48.6 Å². The highest BCUT2D eigenvalue weighted by Crippen LogP contribution is 2.31. The zero-order valence-electron chi connectivity index (χ0n) is 15.5. The van der Waals surface area contributed by atoms with Crippen LogP contribution < -0.4 is 10.6 Å². The number of carbonyl (C=O) groups excluding carboxylic acids is 1. The Kier molecular flexibility index (Phi) is 4.27. The van der Waals surface area contributed by atoms with Gasteiger partial charge in [-0.1, -0.05) is 18.2 Å². The van der Waals surface area contributed by atoms with Crippen molar-refractivity contribution in [1.29, 1.82) is 0 Å². The first-order valence-electron chi connectivity index (χ1n) is 9.74. The smallest absolute Gasteiger partial charge is 0.320 e. The van der Waals surface area contributed by atoms with E-state index in [9.17, 15) is 4.79 Å². The van der Waals surface area contributed by atoms with Crippen molar-refractivity contribution in [2.75, 3.05) is 5.32 Å². The van der Waals surface area contributed by atoms with Crippen LogP contribution in [0.5, 0.6) is 0 Å². The molecule has 2 aromatic heterocycles. The summed E-state index contributed by atoms with van der Waals surface area (Å²) in [6.45, 7) is 1.10. The molecule has 2 amide bonds. The minimum absolute atomic E-state index is 0.284. The molecule has 1 saturated carbocycles. The molecule has 3 aromatic rings. The topological polar surface area (TPSA) is 103 Å². The van der Waals surface area contributed by atoms with Crippen LogP contribution in [-0.4, -0.2) is 36.0 Å². The first-order chi connectivity index (χ1) is 13.8. The molecule has 0 saturated heterocycles. The standard InChI is InChI=1S/C19H22N8O/c28-19(20-11-17-22-24-25-26(17)12-13-9-10-13)21-18-15-7-4-8-16(15)23-27(18)14-5-2-1-3-6-14/h1-3,5-6,13H,4,7-12H2,(H2,20,21,28). The number of urea groups is 1. The summed E-state index contributed by atoms with van der Waals surface area (Å²) in [5.41, 5.74) is 3.12. The number of amides is 2. The maximum absolute atomic E-state index is 12.6. The lowest BCUT2D eigenvalue weighted by molar-refractivity contribution is 0.251. The number of carbonyl (C=O) groups is 1. The van der Waals surface area contributed by atoms with E-state index < -0.39 is 0 Å². The Hall–Kier alpha value is -3.23. The fourth-order valence-corrected chi connectivity index (χ4v) is 3.62. The number of hydrogen-bond donors (Lipinski definition) is 2. The quantitative estimate of drug-likeness (QED) is 0.684. The van der Waals surface area contributed by atoms with Gasteiger partial charge in [0, 0.05) is 12.1 Å². The van der Waals surface area contributed by atoms with Gasteiger partial charge in [-0.15, -0.1) is 5.10 Å². The molecule has 0 spiro atoms. The number of hydrogen-bond acceptors (Lipinski definition) is 5. The van der Waals surface area contributed by atoms with Crippen molar-refractivity contribution in [3.63, 3.8) is 0 Å². The zero-order chi connectivity index (χ0) is 18.9. The van der Waals surface area contributed by atoms with Crippen LogP contribution in [0.15, 0.2) is 30.3 Å². The first-order valence-corrected chi connectivity index (χ1v) is 9.74. The average Bonchev–Trinajstić information content (AvgIpc) is 3.10. The van der Waals surface area contributed by atoms with E-state index in [1.165, 1.54) is 12.8 Å². The van der Waals surface area contributed by atoms with E-state index in [1.54, 1.807) is 4.68 Å². The van der Waals surface area contributed by atoms with Gasteiger partial charge in [-0.3, -0.25) is 5.32 Å². The number of nitrogens with zero attached hydrogens (tertiary/aromatic N) is 6. The summed E-state index contributed by atoms with van der Waals surface area (Å²) >= 11 is 0. The number of nitrogens with one attached hydrogen (secondary N) is 2. The fourth-order valence-electron chi connectivity index (χ4n) is 3.62. The second kappa shape index (κ2) is 7.06. The normalized spacial score (nSPS) is 15.4. The van der Waals surface area contributed by atoms with Gasteiger partial charge in [-0.2, -0.15) is 5.10 Å². The Morgan fingerprint density at radius 1 is 1.18 bits per heavy atom. The molecule has 0 unspecified atom stereocenters. The number of aromatic nitrogens is 6. The van der Waals surface area contributed by atoms with Crippen molar-refractivity contribution in [2.24, 2.45) is 5.92 Å². The molecule has 1 fully saturated rings. The van der Waals surface area contributed by atoms with Crippen molar-refractivity contribution in [3.8, 4) is 5.69 Å². The third-order valence-electron chi connectivity index (χ3n) is 5.28. The molecular formula is C19H22N8O. The zero-order valence-corrected chi connectivity index (χ0v) is 15.5. The Morgan fingerprint density at radius 2 is 2.04 bits per heavy atom. The van der Waals surface area contributed by atoms with Crippen molar-refractivity contribution in [2.45, 2.75) is 45.2 Å². The van der Waals surface area contributed by atoms with Crippen LogP contribution in [0.3, 0.4) is 0 Å². The third-order valence-corrected chi connectivity index (χ3v) is 5.28. The summed E-state index contributed by atoms with van der Waals surface area (Å²) in [4.78, 5) is 12.6.